The van der Waals surface area contributed by atoms with Gasteiger partial charge in [-0.15, -0.1) is 0 Å². The minimum absolute atomic E-state index is 0.246. The van der Waals surface area contributed by atoms with Gasteiger partial charge in [-0.05, 0) is 26.8 Å². The van der Waals surface area contributed by atoms with Crippen LogP contribution in [-0.4, -0.2) is 26.8 Å². The molecule has 3 N–H and O–H groups in total. The Bertz CT molecular complexity index is 681. The number of para-hydroxylation sites is 1. The molecule has 0 unspecified atom stereocenters. The molecule has 0 bridgehead atoms. The zero-order chi connectivity index (χ0) is 15.7. The van der Waals surface area contributed by atoms with Crippen LogP contribution in [0.25, 0.3) is 0 Å². The van der Waals surface area contributed by atoms with Gasteiger partial charge in [-0.3, -0.25) is 5.10 Å². The fourth-order valence-electron chi connectivity index (χ4n) is 2.56. The summed E-state index contributed by atoms with van der Waals surface area (Å²) in [6, 6.07) is 5.18. The van der Waals surface area contributed by atoms with Crippen LogP contribution < -0.4 is 15.4 Å². The van der Waals surface area contributed by atoms with Crippen molar-refractivity contribution in [2.45, 2.75) is 38.8 Å². The Hall–Kier alpha value is -2.57. The Morgan fingerprint density at radius 3 is 3.00 bits per heavy atom. The summed E-state index contributed by atoms with van der Waals surface area (Å²) in [6.07, 6.45) is 2.24. The fourth-order valence-corrected chi connectivity index (χ4v) is 2.56. The second kappa shape index (κ2) is 5.32. The predicted octanol–water partition coefficient (Wildman–Crippen LogP) is 2.40. The van der Waals surface area contributed by atoms with Crippen molar-refractivity contribution in [1.82, 2.24) is 20.5 Å². The zero-order valence-corrected chi connectivity index (χ0v) is 12.8. The van der Waals surface area contributed by atoms with Crippen LogP contribution in [0, 0.1) is 0 Å². The van der Waals surface area contributed by atoms with Crippen molar-refractivity contribution >= 4 is 11.7 Å². The summed E-state index contributed by atoms with van der Waals surface area (Å²) in [5.74, 6) is 1.35. The van der Waals surface area contributed by atoms with E-state index in [1.807, 2.05) is 39.0 Å². The van der Waals surface area contributed by atoms with Gasteiger partial charge >= 0.3 is 6.03 Å². The maximum Gasteiger partial charge on any atom is 0.319 e. The molecule has 1 atom stereocenters. The first kappa shape index (κ1) is 14.4. The lowest BCUT2D eigenvalue weighted by molar-refractivity contribution is 0.139. The lowest BCUT2D eigenvalue weighted by atomic mass is 10.0. The van der Waals surface area contributed by atoms with Crippen LogP contribution in [0.15, 0.2) is 24.5 Å². The van der Waals surface area contributed by atoms with Crippen LogP contribution in [0.3, 0.4) is 0 Å². The standard InChI is InChI=1S/C15H19N5O2/c1-9(13-16-8-17-20-13)18-14(21)19-11-6-4-5-10-7-15(2,3)22-12(10)11/h4-6,8-9H,7H2,1-3H3,(H,16,17,20)(H2,18,19,21)/t9-/m0/s1. The van der Waals surface area contributed by atoms with Gasteiger partial charge in [-0.1, -0.05) is 12.1 Å². The first-order valence-corrected chi connectivity index (χ1v) is 7.18. The summed E-state index contributed by atoms with van der Waals surface area (Å²) >= 11 is 0. The Balaban J connectivity index is 1.70. The third kappa shape index (κ3) is 2.88. The molecule has 2 aromatic rings. The van der Waals surface area contributed by atoms with Crippen LogP contribution in [0.4, 0.5) is 10.5 Å². The number of anilines is 1. The van der Waals surface area contributed by atoms with E-state index < -0.39 is 0 Å². The normalized spacial score (nSPS) is 16.5. The molecular formula is C15H19N5O2. The van der Waals surface area contributed by atoms with E-state index in [0.29, 0.717) is 11.5 Å². The first-order valence-electron chi connectivity index (χ1n) is 7.18. The van der Waals surface area contributed by atoms with Gasteiger partial charge in [0.15, 0.2) is 0 Å². The molecule has 0 spiro atoms. The number of hydrogen-bond donors (Lipinski definition) is 3. The highest BCUT2D eigenvalue weighted by atomic mass is 16.5. The fraction of sp³-hybridized carbons (Fsp3) is 0.400. The summed E-state index contributed by atoms with van der Waals surface area (Å²) in [5, 5.41) is 12.1. The Kier molecular flexibility index (Phi) is 3.48. The number of fused-ring (bicyclic) bond motifs is 1. The van der Waals surface area contributed by atoms with Crippen molar-refractivity contribution in [2.24, 2.45) is 0 Å². The number of carbonyl (C=O) groups excluding carboxylic acids is 1. The highest BCUT2D eigenvalue weighted by Crippen LogP contribution is 2.40. The van der Waals surface area contributed by atoms with Crippen molar-refractivity contribution in [3.8, 4) is 5.75 Å². The van der Waals surface area contributed by atoms with Crippen molar-refractivity contribution in [3.63, 3.8) is 0 Å². The monoisotopic (exact) mass is 301 g/mol. The van der Waals surface area contributed by atoms with Gasteiger partial charge in [0.1, 0.15) is 23.5 Å². The van der Waals surface area contributed by atoms with Crippen LogP contribution >= 0.6 is 0 Å². The molecule has 1 aliphatic rings. The molecule has 2 heterocycles. The first-order chi connectivity index (χ1) is 10.4. The van der Waals surface area contributed by atoms with Gasteiger partial charge in [0.05, 0.1) is 11.7 Å². The third-order valence-electron chi connectivity index (χ3n) is 3.53. The van der Waals surface area contributed by atoms with E-state index in [2.05, 4.69) is 25.8 Å². The van der Waals surface area contributed by atoms with Crippen LogP contribution in [0.2, 0.25) is 0 Å². The van der Waals surface area contributed by atoms with Crippen LogP contribution in [-0.2, 0) is 6.42 Å². The molecule has 7 nitrogen and oxygen atoms in total. The molecule has 1 aromatic carbocycles. The number of aromatic amines is 1. The van der Waals surface area contributed by atoms with Gasteiger partial charge in [0.25, 0.3) is 0 Å². The lowest BCUT2D eigenvalue weighted by Gasteiger charge is -2.19. The molecule has 0 radical (unpaired) electrons. The summed E-state index contributed by atoms with van der Waals surface area (Å²) in [4.78, 5) is 16.2. The van der Waals surface area contributed by atoms with E-state index in [4.69, 9.17) is 4.74 Å². The Labute approximate surface area is 128 Å². The van der Waals surface area contributed by atoms with E-state index in [-0.39, 0.29) is 17.7 Å². The SMILES string of the molecule is C[C@H](NC(=O)Nc1cccc2c1OC(C)(C)C2)c1ncn[nH]1. The quantitative estimate of drug-likeness (QED) is 0.811. The average molecular weight is 301 g/mol. The number of aromatic nitrogens is 3. The highest BCUT2D eigenvalue weighted by Gasteiger charge is 2.32. The zero-order valence-electron chi connectivity index (χ0n) is 12.8. The largest absolute Gasteiger partial charge is 0.485 e. The summed E-state index contributed by atoms with van der Waals surface area (Å²) in [6.45, 7) is 5.89. The second-order valence-electron chi connectivity index (χ2n) is 6.02. The molecule has 0 saturated carbocycles. The van der Waals surface area contributed by atoms with Gasteiger partial charge in [0.2, 0.25) is 0 Å². The molecule has 1 aromatic heterocycles. The predicted molar refractivity (Wildman–Crippen MR) is 81.8 cm³/mol. The highest BCUT2D eigenvalue weighted by molar-refractivity contribution is 5.91. The maximum atomic E-state index is 12.1. The van der Waals surface area contributed by atoms with Crippen LogP contribution in [0.1, 0.15) is 38.2 Å². The number of hydrogen-bond acceptors (Lipinski definition) is 4. The van der Waals surface area contributed by atoms with Gasteiger partial charge < -0.3 is 15.4 Å². The molecular weight excluding hydrogens is 282 g/mol. The summed E-state index contributed by atoms with van der Waals surface area (Å²) in [5.41, 5.74) is 1.53. The maximum absolute atomic E-state index is 12.1. The third-order valence-corrected chi connectivity index (χ3v) is 3.53. The van der Waals surface area contributed by atoms with Crippen molar-refractivity contribution in [3.05, 3.63) is 35.9 Å². The van der Waals surface area contributed by atoms with Gasteiger partial charge in [-0.25, -0.2) is 9.78 Å². The number of rotatable bonds is 3. The number of carbonyl (C=O) groups is 1. The smallest absolute Gasteiger partial charge is 0.319 e. The van der Waals surface area contributed by atoms with Gasteiger partial charge in [0, 0.05) is 12.0 Å². The second-order valence-corrected chi connectivity index (χ2v) is 6.02. The summed E-state index contributed by atoms with van der Waals surface area (Å²) < 4.78 is 5.93. The number of H-pyrrole nitrogens is 1. The molecule has 116 valence electrons. The molecule has 2 amide bonds. The number of ether oxygens (including phenoxy) is 1. The van der Waals surface area contributed by atoms with Gasteiger partial charge in [-0.2, -0.15) is 5.10 Å². The Morgan fingerprint density at radius 2 is 2.27 bits per heavy atom. The van der Waals surface area contributed by atoms with E-state index in [1.165, 1.54) is 6.33 Å². The average Bonchev–Trinajstić information content (AvgIpc) is 3.04. The lowest BCUT2D eigenvalue weighted by Crippen LogP contribution is -2.32. The minimum atomic E-state index is -0.314. The van der Waals surface area contributed by atoms with E-state index in [9.17, 15) is 4.79 Å². The number of amides is 2. The molecule has 0 aliphatic carbocycles. The minimum Gasteiger partial charge on any atom is -0.485 e. The molecule has 1 aliphatic heterocycles. The molecule has 22 heavy (non-hydrogen) atoms. The topological polar surface area (TPSA) is 91.9 Å². The van der Waals surface area contributed by atoms with Crippen molar-refractivity contribution in [1.29, 1.82) is 0 Å². The van der Waals surface area contributed by atoms with E-state index >= 15 is 0 Å². The summed E-state index contributed by atoms with van der Waals surface area (Å²) in [7, 11) is 0. The number of nitrogens with one attached hydrogen (secondary N) is 3. The molecule has 7 heteroatoms. The van der Waals surface area contributed by atoms with E-state index in [0.717, 1.165) is 17.7 Å². The molecule has 0 fully saturated rings. The number of nitrogens with zero attached hydrogens (tertiary/aromatic N) is 2. The van der Waals surface area contributed by atoms with Crippen LogP contribution in [0.5, 0.6) is 5.75 Å². The number of benzene rings is 1. The Morgan fingerprint density at radius 1 is 1.45 bits per heavy atom. The van der Waals surface area contributed by atoms with Crippen molar-refractivity contribution < 1.29 is 9.53 Å². The van der Waals surface area contributed by atoms with Crippen molar-refractivity contribution in [2.75, 3.05) is 5.32 Å². The molecule has 0 saturated heterocycles. The van der Waals surface area contributed by atoms with E-state index in [1.54, 1.807) is 0 Å². The number of urea groups is 1. The molecule has 3 rings (SSSR count).